The van der Waals surface area contributed by atoms with E-state index in [0.29, 0.717) is 19.3 Å². The van der Waals surface area contributed by atoms with Gasteiger partial charge in [-0.3, -0.25) is 27.7 Å². The van der Waals surface area contributed by atoms with Crippen LogP contribution in [0.3, 0.4) is 0 Å². The van der Waals surface area contributed by atoms with Crippen molar-refractivity contribution in [1.29, 1.82) is 0 Å². The number of phosphoric ester groups is 2. The molecule has 5 N–H and O–H groups in total. The molecule has 15 nitrogen and oxygen atoms in total. The van der Waals surface area contributed by atoms with Gasteiger partial charge in [0.05, 0.1) is 26.4 Å². The number of carbonyl (C=O) groups is 2. The molecule has 0 saturated carbocycles. The molecular formula is C43H74O15P2. The van der Waals surface area contributed by atoms with Crippen molar-refractivity contribution in [3.63, 3.8) is 0 Å². The zero-order chi connectivity index (χ0) is 44.6. The molecular weight excluding hydrogens is 818 g/mol. The van der Waals surface area contributed by atoms with Crippen LogP contribution in [0.1, 0.15) is 129 Å². The maximum absolute atomic E-state index is 12.1. The third kappa shape index (κ3) is 40.9. The summed E-state index contributed by atoms with van der Waals surface area (Å²) in [6.45, 7) is 0.130. The number of hydrogen-bond acceptors (Lipinski definition) is 13. The lowest BCUT2D eigenvalue weighted by atomic mass is 10.1. The Labute approximate surface area is 358 Å². The van der Waals surface area contributed by atoms with Crippen molar-refractivity contribution >= 4 is 27.6 Å². The summed E-state index contributed by atoms with van der Waals surface area (Å²) in [5.41, 5.74) is 0. The lowest BCUT2D eigenvalue weighted by Crippen LogP contribution is -2.25. The Morgan fingerprint density at radius 2 is 0.800 bits per heavy atom. The number of carbonyl (C=O) groups excluding carboxylic acids is 2. The van der Waals surface area contributed by atoms with Gasteiger partial charge in [-0.1, -0.05) is 138 Å². The summed E-state index contributed by atoms with van der Waals surface area (Å²) in [6.07, 6.45) is 36.3. The minimum atomic E-state index is -4.80. The quantitative estimate of drug-likeness (QED) is 0.0127. The Morgan fingerprint density at radius 3 is 1.25 bits per heavy atom. The van der Waals surface area contributed by atoms with Gasteiger partial charge < -0.3 is 34.6 Å². The predicted molar refractivity (Wildman–Crippen MR) is 233 cm³/mol. The summed E-state index contributed by atoms with van der Waals surface area (Å²) in [5, 5.41) is 29.9. The fourth-order valence-corrected chi connectivity index (χ4v) is 6.53. The number of phosphoric acid groups is 2. The number of ether oxygens (including phenoxy) is 2. The monoisotopic (exact) mass is 892 g/mol. The first-order valence-electron chi connectivity index (χ1n) is 21.4. The summed E-state index contributed by atoms with van der Waals surface area (Å²) in [6, 6.07) is 0. The van der Waals surface area contributed by atoms with Crippen LogP contribution in [-0.4, -0.2) is 95.0 Å². The van der Waals surface area contributed by atoms with E-state index in [4.69, 9.17) is 9.47 Å². The van der Waals surface area contributed by atoms with Crippen LogP contribution in [0.25, 0.3) is 0 Å². The smallest absolute Gasteiger partial charge is 0.463 e. The van der Waals surface area contributed by atoms with Crippen LogP contribution >= 0.6 is 15.6 Å². The number of esters is 2. The van der Waals surface area contributed by atoms with Crippen LogP contribution in [0, 0.1) is 0 Å². The van der Waals surface area contributed by atoms with Gasteiger partial charge >= 0.3 is 27.6 Å². The topological polar surface area (TPSA) is 225 Å². The van der Waals surface area contributed by atoms with E-state index in [1.807, 2.05) is 54.7 Å². The summed E-state index contributed by atoms with van der Waals surface area (Å²) >= 11 is 0. The van der Waals surface area contributed by atoms with Crippen molar-refractivity contribution in [2.45, 2.75) is 148 Å². The second-order valence-electron chi connectivity index (χ2n) is 14.1. The van der Waals surface area contributed by atoms with Gasteiger partial charge in [-0.05, 0) is 51.4 Å². The minimum absolute atomic E-state index is 0.0968. The molecule has 0 saturated heterocycles. The molecule has 0 fully saturated rings. The zero-order valence-electron chi connectivity index (χ0n) is 35.8. The lowest BCUT2D eigenvalue weighted by molar-refractivity contribution is -0.148. The molecule has 0 aromatic heterocycles. The van der Waals surface area contributed by atoms with E-state index in [2.05, 4.69) is 50.2 Å². The normalized spacial score (nSPS) is 16.1. The largest absolute Gasteiger partial charge is 0.472 e. The van der Waals surface area contributed by atoms with Crippen LogP contribution in [0.15, 0.2) is 72.9 Å². The summed E-state index contributed by atoms with van der Waals surface area (Å²) in [4.78, 5) is 43.6. The van der Waals surface area contributed by atoms with Crippen molar-refractivity contribution in [2.24, 2.45) is 0 Å². The standard InChI is InChI=1S/C43H74O15P2/c1-3-5-7-9-11-13-15-17-18-20-22-24-26-28-30-32-43(48)54-34-40(45)36-56-60(51,52)58-38-41(46)37-57-59(49,50)55-35-39(44)33-53-42(47)31-29-27-25-23-21-19-16-14-12-10-8-6-4-2/h6,8,10,12-16,19,21,23,25,39-41,44-46H,3-5,7,9,11,17-18,20,22,24,26-38H2,1-2H3,(H,49,50)(H,51,52)/b8-6+,12-10+,15-13-,16-14-,21-19-,25-23+. The average molecular weight is 893 g/mol. The van der Waals surface area contributed by atoms with Crippen molar-refractivity contribution in [3.05, 3.63) is 72.9 Å². The van der Waals surface area contributed by atoms with Gasteiger partial charge in [0.2, 0.25) is 0 Å². The highest BCUT2D eigenvalue weighted by Crippen LogP contribution is 2.45. The third-order valence-electron chi connectivity index (χ3n) is 8.27. The number of hydrogen-bond donors (Lipinski definition) is 5. The number of aliphatic hydroxyl groups is 3. The highest BCUT2D eigenvalue weighted by Gasteiger charge is 2.28. The number of rotatable bonds is 40. The van der Waals surface area contributed by atoms with Gasteiger partial charge in [0.1, 0.15) is 31.5 Å². The second-order valence-corrected chi connectivity index (χ2v) is 17.0. The van der Waals surface area contributed by atoms with E-state index in [1.165, 1.54) is 44.9 Å². The van der Waals surface area contributed by atoms with E-state index < -0.39 is 85.5 Å². The molecule has 0 heterocycles. The Morgan fingerprint density at radius 1 is 0.450 bits per heavy atom. The van der Waals surface area contributed by atoms with Crippen molar-refractivity contribution in [2.75, 3.05) is 39.6 Å². The first-order chi connectivity index (χ1) is 28.8. The highest BCUT2D eigenvalue weighted by molar-refractivity contribution is 7.47. The Hall–Kier alpha value is -2.52. The van der Waals surface area contributed by atoms with Gasteiger partial charge in [-0.25, -0.2) is 9.13 Å². The first-order valence-corrected chi connectivity index (χ1v) is 24.3. The fourth-order valence-electron chi connectivity index (χ4n) is 4.94. The van der Waals surface area contributed by atoms with Crippen molar-refractivity contribution < 1.29 is 71.4 Å². The Kier molecular flexibility index (Phi) is 37.7. The van der Waals surface area contributed by atoms with Gasteiger partial charge in [0.25, 0.3) is 0 Å². The molecule has 0 aromatic carbocycles. The van der Waals surface area contributed by atoms with Crippen LogP contribution in [0.4, 0.5) is 0 Å². The van der Waals surface area contributed by atoms with Gasteiger partial charge in [0, 0.05) is 12.8 Å². The maximum Gasteiger partial charge on any atom is 0.472 e. The molecule has 0 aliphatic carbocycles. The van der Waals surface area contributed by atoms with E-state index in [0.717, 1.165) is 38.5 Å². The molecule has 0 aliphatic heterocycles. The zero-order valence-corrected chi connectivity index (χ0v) is 37.6. The summed E-state index contributed by atoms with van der Waals surface area (Å²) in [5.74, 6) is -1.08. The molecule has 0 bridgehead atoms. The molecule has 0 aromatic rings. The van der Waals surface area contributed by atoms with Crippen LogP contribution < -0.4 is 0 Å². The molecule has 5 unspecified atom stereocenters. The molecule has 0 amide bonds. The summed E-state index contributed by atoms with van der Waals surface area (Å²) in [7, 11) is -9.59. The molecule has 0 rings (SSSR count). The Bertz CT molecular complexity index is 1360. The van der Waals surface area contributed by atoms with Crippen LogP contribution in [0.5, 0.6) is 0 Å². The average Bonchev–Trinajstić information content (AvgIpc) is 3.22. The summed E-state index contributed by atoms with van der Waals surface area (Å²) < 4.78 is 52.7. The third-order valence-corrected chi connectivity index (χ3v) is 10.2. The maximum atomic E-state index is 12.1. The van der Waals surface area contributed by atoms with Crippen LogP contribution in [-0.2, 0) is 46.3 Å². The molecule has 17 heteroatoms. The van der Waals surface area contributed by atoms with E-state index in [-0.39, 0.29) is 12.8 Å². The molecule has 60 heavy (non-hydrogen) atoms. The number of aliphatic hydroxyl groups excluding tert-OH is 3. The number of unbranched alkanes of at least 4 members (excludes halogenated alkanes) is 12. The molecule has 0 radical (unpaired) electrons. The molecule has 0 spiro atoms. The lowest BCUT2D eigenvalue weighted by Gasteiger charge is -2.19. The minimum Gasteiger partial charge on any atom is -0.463 e. The number of allylic oxidation sites excluding steroid dienone is 12. The second kappa shape index (κ2) is 39.3. The first kappa shape index (κ1) is 57.5. The Balaban J connectivity index is 4.00. The fraction of sp³-hybridized carbons (Fsp3) is 0.674. The van der Waals surface area contributed by atoms with E-state index >= 15 is 0 Å². The highest BCUT2D eigenvalue weighted by atomic mass is 31.2. The van der Waals surface area contributed by atoms with Crippen molar-refractivity contribution in [1.82, 2.24) is 0 Å². The van der Waals surface area contributed by atoms with E-state index in [1.54, 1.807) is 0 Å². The van der Waals surface area contributed by atoms with Gasteiger partial charge in [-0.15, -0.1) is 0 Å². The predicted octanol–water partition coefficient (Wildman–Crippen LogP) is 8.82. The van der Waals surface area contributed by atoms with Crippen LogP contribution in [0.2, 0.25) is 0 Å². The van der Waals surface area contributed by atoms with E-state index in [9.17, 15) is 43.8 Å². The van der Waals surface area contributed by atoms with Crippen molar-refractivity contribution in [3.8, 4) is 0 Å². The van der Waals surface area contributed by atoms with Gasteiger partial charge in [0.15, 0.2) is 0 Å². The SMILES string of the molecule is CC/C=C/C=C/C=C\C=C/C=C/CCCC(=O)OCC(O)COP(=O)(O)OCC(O)COP(=O)(O)OCC(O)COC(=O)CCCCCCCCC/C=C\CCCCCC. The molecule has 346 valence electrons. The van der Waals surface area contributed by atoms with Gasteiger partial charge in [-0.2, -0.15) is 0 Å². The molecule has 0 aliphatic rings. The molecule has 5 atom stereocenters.